The van der Waals surface area contributed by atoms with Gasteiger partial charge in [0.2, 0.25) is 5.91 Å². The van der Waals surface area contributed by atoms with Crippen molar-refractivity contribution in [1.29, 1.82) is 0 Å². The van der Waals surface area contributed by atoms with Crippen molar-refractivity contribution in [2.24, 2.45) is 0 Å². The fourth-order valence-corrected chi connectivity index (χ4v) is 3.09. The largest absolute Gasteiger partial charge is 0.326 e. The van der Waals surface area contributed by atoms with Gasteiger partial charge in [0.05, 0.1) is 0 Å². The zero-order valence-electron chi connectivity index (χ0n) is 13.2. The van der Waals surface area contributed by atoms with Crippen LogP contribution in [-0.2, 0) is 4.79 Å². The molecule has 1 aromatic heterocycles. The summed E-state index contributed by atoms with van der Waals surface area (Å²) < 4.78 is 0. The summed E-state index contributed by atoms with van der Waals surface area (Å²) in [6.45, 7) is 0. The first-order valence-electron chi connectivity index (χ1n) is 7.70. The third kappa shape index (κ3) is 4.75. The molecule has 0 fully saturated rings. The van der Waals surface area contributed by atoms with Crippen LogP contribution in [0.3, 0.4) is 0 Å². The highest BCUT2D eigenvalue weighted by atomic mass is 35.5. The number of ketones is 1. The average molecular weight is 371 g/mol. The Morgan fingerprint density at radius 1 is 1.08 bits per heavy atom. The van der Waals surface area contributed by atoms with Crippen LogP contribution in [-0.4, -0.2) is 16.7 Å². The lowest BCUT2D eigenvalue weighted by molar-refractivity contribution is -0.116. The third-order valence-electron chi connectivity index (χ3n) is 3.57. The standard InChI is InChI=1S/C19H15ClN2O2S/c20-15-6-4-13(5-7-15)17(23)8-9-18(24)22-16-3-1-2-14(12-16)19-21-10-11-25-19/h1-7,10-12H,8-9H2,(H,22,24). The van der Waals surface area contributed by atoms with E-state index < -0.39 is 0 Å². The van der Waals surface area contributed by atoms with Gasteiger partial charge in [-0.05, 0) is 36.4 Å². The Morgan fingerprint density at radius 2 is 1.88 bits per heavy atom. The molecule has 2 aromatic carbocycles. The summed E-state index contributed by atoms with van der Waals surface area (Å²) in [4.78, 5) is 28.5. The number of hydrogen-bond acceptors (Lipinski definition) is 4. The van der Waals surface area contributed by atoms with Gasteiger partial charge < -0.3 is 5.32 Å². The van der Waals surface area contributed by atoms with Crippen molar-refractivity contribution in [3.63, 3.8) is 0 Å². The van der Waals surface area contributed by atoms with E-state index in [1.807, 2.05) is 29.6 Å². The minimum Gasteiger partial charge on any atom is -0.326 e. The molecule has 0 bridgehead atoms. The molecule has 0 radical (unpaired) electrons. The molecular weight excluding hydrogens is 356 g/mol. The number of rotatable bonds is 6. The van der Waals surface area contributed by atoms with E-state index in [0.717, 1.165) is 10.6 Å². The number of benzene rings is 2. The van der Waals surface area contributed by atoms with Crippen molar-refractivity contribution in [3.05, 3.63) is 70.7 Å². The maximum atomic E-state index is 12.1. The lowest BCUT2D eigenvalue weighted by Crippen LogP contribution is -2.13. The molecular formula is C19H15ClN2O2S. The maximum Gasteiger partial charge on any atom is 0.224 e. The molecule has 0 aliphatic heterocycles. The van der Waals surface area contributed by atoms with Crippen molar-refractivity contribution in [3.8, 4) is 10.6 Å². The van der Waals surface area contributed by atoms with Crippen LogP contribution >= 0.6 is 22.9 Å². The topological polar surface area (TPSA) is 59.1 Å². The summed E-state index contributed by atoms with van der Waals surface area (Å²) in [5.74, 6) is -0.276. The number of carbonyl (C=O) groups excluding carboxylic acids is 2. The minimum absolute atomic E-state index is 0.0802. The molecule has 0 atom stereocenters. The zero-order valence-corrected chi connectivity index (χ0v) is 14.8. The van der Waals surface area contributed by atoms with E-state index in [9.17, 15) is 9.59 Å². The first-order chi connectivity index (χ1) is 12.1. The van der Waals surface area contributed by atoms with E-state index in [1.165, 1.54) is 11.3 Å². The van der Waals surface area contributed by atoms with E-state index in [0.29, 0.717) is 16.3 Å². The Kier molecular flexibility index (Phi) is 5.58. The summed E-state index contributed by atoms with van der Waals surface area (Å²) in [5, 5.41) is 6.21. The molecule has 25 heavy (non-hydrogen) atoms. The number of hydrogen-bond donors (Lipinski definition) is 1. The van der Waals surface area contributed by atoms with Crippen LogP contribution in [0.1, 0.15) is 23.2 Å². The van der Waals surface area contributed by atoms with Gasteiger partial charge in [-0.25, -0.2) is 4.98 Å². The van der Waals surface area contributed by atoms with E-state index >= 15 is 0 Å². The summed E-state index contributed by atoms with van der Waals surface area (Å²) in [5.41, 5.74) is 2.20. The van der Waals surface area contributed by atoms with Crippen LogP contribution in [0.15, 0.2) is 60.1 Å². The van der Waals surface area contributed by atoms with Crippen molar-refractivity contribution >= 4 is 40.3 Å². The second-order valence-electron chi connectivity index (χ2n) is 5.40. The third-order valence-corrected chi connectivity index (χ3v) is 4.65. The van der Waals surface area contributed by atoms with Crippen molar-refractivity contribution in [2.75, 3.05) is 5.32 Å². The Balaban J connectivity index is 1.57. The van der Waals surface area contributed by atoms with Gasteiger partial charge in [-0.15, -0.1) is 11.3 Å². The predicted octanol–water partition coefficient (Wildman–Crippen LogP) is 5.07. The molecule has 0 unspecified atom stereocenters. The molecule has 0 aliphatic carbocycles. The molecule has 1 N–H and O–H groups in total. The molecule has 0 spiro atoms. The second-order valence-corrected chi connectivity index (χ2v) is 6.73. The van der Waals surface area contributed by atoms with Gasteiger partial charge in [0.15, 0.2) is 5.78 Å². The molecule has 1 heterocycles. The highest BCUT2D eigenvalue weighted by Crippen LogP contribution is 2.24. The quantitative estimate of drug-likeness (QED) is 0.616. The van der Waals surface area contributed by atoms with Gasteiger partial charge in [0.1, 0.15) is 5.01 Å². The molecule has 0 saturated heterocycles. The Morgan fingerprint density at radius 3 is 2.60 bits per heavy atom. The predicted molar refractivity (Wildman–Crippen MR) is 101 cm³/mol. The highest BCUT2D eigenvalue weighted by Gasteiger charge is 2.10. The van der Waals surface area contributed by atoms with Gasteiger partial charge in [-0.1, -0.05) is 23.7 Å². The van der Waals surface area contributed by atoms with Gasteiger partial charge in [-0.2, -0.15) is 0 Å². The number of amides is 1. The van der Waals surface area contributed by atoms with E-state index in [2.05, 4.69) is 10.3 Å². The Bertz CT molecular complexity index is 877. The van der Waals surface area contributed by atoms with Crippen molar-refractivity contribution in [2.45, 2.75) is 12.8 Å². The Labute approximate surface area is 154 Å². The first kappa shape index (κ1) is 17.3. The number of aromatic nitrogens is 1. The van der Waals surface area contributed by atoms with Crippen LogP contribution in [0.4, 0.5) is 5.69 Å². The van der Waals surface area contributed by atoms with E-state index in [-0.39, 0.29) is 24.5 Å². The molecule has 0 saturated carbocycles. The molecule has 1 amide bonds. The highest BCUT2D eigenvalue weighted by molar-refractivity contribution is 7.13. The van der Waals surface area contributed by atoms with Crippen molar-refractivity contribution < 1.29 is 9.59 Å². The summed E-state index contributed by atoms with van der Waals surface area (Å²) in [6.07, 6.45) is 2.02. The fourth-order valence-electron chi connectivity index (χ4n) is 2.33. The summed E-state index contributed by atoms with van der Waals surface area (Å²) in [7, 11) is 0. The van der Waals surface area contributed by atoms with Gasteiger partial charge in [0, 0.05) is 46.3 Å². The number of thiazole rings is 1. The lowest BCUT2D eigenvalue weighted by atomic mass is 10.1. The minimum atomic E-state index is -0.196. The van der Waals surface area contributed by atoms with Crippen LogP contribution in [0.5, 0.6) is 0 Å². The smallest absolute Gasteiger partial charge is 0.224 e. The number of anilines is 1. The van der Waals surface area contributed by atoms with Crippen LogP contribution < -0.4 is 5.32 Å². The SMILES string of the molecule is O=C(CCC(=O)c1ccc(Cl)cc1)Nc1cccc(-c2nccs2)c1. The van der Waals surface area contributed by atoms with E-state index in [4.69, 9.17) is 11.6 Å². The van der Waals surface area contributed by atoms with Gasteiger partial charge in [0.25, 0.3) is 0 Å². The van der Waals surface area contributed by atoms with Crippen LogP contribution in [0.2, 0.25) is 5.02 Å². The lowest BCUT2D eigenvalue weighted by Gasteiger charge is -2.06. The van der Waals surface area contributed by atoms with Gasteiger partial charge in [-0.3, -0.25) is 9.59 Å². The monoisotopic (exact) mass is 370 g/mol. The average Bonchev–Trinajstić information content (AvgIpc) is 3.15. The number of halogens is 1. The molecule has 3 rings (SSSR count). The van der Waals surface area contributed by atoms with Gasteiger partial charge >= 0.3 is 0 Å². The molecule has 3 aromatic rings. The first-order valence-corrected chi connectivity index (χ1v) is 8.96. The number of nitrogens with one attached hydrogen (secondary N) is 1. The molecule has 6 heteroatoms. The number of nitrogens with zero attached hydrogens (tertiary/aromatic N) is 1. The normalized spacial score (nSPS) is 10.4. The number of Topliss-reactive ketones (excluding diaryl/α,β-unsaturated/α-hetero) is 1. The fraction of sp³-hybridized carbons (Fsp3) is 0.105. The van der Waals surface area contributed by atoms with E-state index in [1.54, 1.807) is 30.5 Å². The summed E-state index contributed by atoms with van der Waals surface area (Å²) >= 11 is 7.34. The van der Waals surface area contributed by atoms with Crippen LogP contribution in [0.25, 0.3) is 10.6 Å². The van der Waals surface area contributed by atoms with Crippen molar-refractivity contribution in [1.82, 2.24) is 4.98 Å². The second kappa shape index (κ2) is 8.05. The molecule has 126 valence electrons. The molecule has 0 aliphatic rings. The maximum absolute atomic E-state index is 12.1. The summed E-state index contributed by atoms with van der Waals surface area (Å²) in [6, 6.07) is 14.2. The Hall–Kier alpha value is -2.50. The molecule has 4 nitrogen and oxygen atoms in total. The zero-order chi connectivity index (χ0) is 17.6. The van der Waals surface area contributed by atoms with Crippen LogP contribution in [0, 0.1) is 0 Å². The number of carbonyl (C=O) groups is 2.